The topological polar surface area (TPSA) is 59.0 Å². The van der Waals surface area contributed by atoms with Gasteiger partial charge in [-0.25, -0.2) is 4.79 Å². The van der Waals surface area contributed by atoms with Crippen LogP contribution in [-0.4, -0.2) is 21.9 Å². The zero-order chi connectivity index (χ0) is 17.0. The first kappa shape index (κ1) is 17.1. The molecule has 1 heterocycles. The Kier molecular flexibility index (Phi) is 5.15. The maximum absolute atomic E-state index is 12.5. The SMILES string of the molecule is CC(Cn1ccc(C(F)(F)F)n1)NC(=O)Nc1ccc(Cl)cc1. The Hall–Kier alpha value is -2.22. The molecule has 0 fully saturated rings. The number of urea groups is 1. The van der Waals surface area contributed by atoms with Gasteiger partial charge in [-0.3, -0.25) is 4.68 Å². The molecule has 5 nitrogen and oxygen atoms in total. The zero-order valence-corrected chi connectivity index (χ0v) is 12.8. The molecule has 0 bridgehead atoms. The minimum Gasteiger partial charge on any atom is -0.334 e. The summed E-state index contributed by atoms with van der Waals surface area (Å²) in [7, 11) is 0. The lowest BCUT2D eigenvalue weighted by Crippen LogP contribution is -2.38. The molecule has 2 rings (SSSR count). The first-order valence-electron chi connectivity index (χ1n) is 6.68. The normalized spacial score (nSPS) is 12.7. The molecule has 2 aromatic rings. The fraction of sp³-hybridized carbons (Fsp3) is 0.286. The summed E-state index contributed by atoms with van der Waals surface area (Å²) in [5.41, 5.74) is -0.409. The van der Waals surface area contributed by atoms with Crippen LogP contribution < -0.4 is 10.6 Å². The van der Waals surface area contributed by atoms with Crippen LogP contribution in [0.2, 0.25) is 5.02 Å². The van der Waals surface area contributed by atoms with Crippen molar-refractivity contribution in [2.24, 2.45) is 0 Å². The van der Waals surface area contributed by atoms with E-state index in [2.05, 4.69) is 15.7 Å². The lowest BCUT2D eigenvalue weighted by molar-refractivity contribution is -0.141. The summed E-state index contributed by atoms with van der Waals surface area (Å²) in [6.07, 6.45) is -3.26. The van der Waals surface area contributed by atoms with Crippen molar-refractivity contribution >= 4 is 23.3 Å². The number of nitrogens with zero attached hydrogens (tertiary/aromatic N) is 2. The smallest absolute Gasteiger partial charge is 0.334 e. The van der Waals surface area contributed by atoms with E-state index in [0.29, 0.717) is 10.7 Å². The highest BCUT2D eigenvalue weighted by Gasteiger charge is 2.33. The molecule has 0 aliphatic heterocycles. The predicted octanol–water partition coefficient (Wildman–Crippen LogP) is 3.77. The summed E-state index contributed by atoms with van der Waals surface area (Å²) in [6, 6.07) is 6.53. The van der Waals surface area contributed by atoms with E-state index in [1.807, 2.05) is 0 Å². The Labute approximate surface area is 135 Å². The van der Waals surface area contributed by atoms with E-state index in [1.54, 1.807) is 31.2 Å². The molecule has 0 radical (unpaired) electrons. The van der Waals surface area contributed by atoms with E-state index in [1.165, 1.54) is 6.20 Å². The standard InChI is InChI=1S/C14H14ClF3N4O/c1-9(8-22-7-6-12(21-22)14(16,17)18)19-13(23)20-11-4-2-10(15)3-5-11/h2-7,9H,8H2,1H3,(H2,19,20,23). The Morgan fingerprint density at radius 1 is 1.30 bits per heavy atom. The minimum absolute atomic E-state index is 0.115. The number of alkyl halides is 3. The number of carbonyl (C=O) groups excluding carboxylic acids is 1. The first-order chi connectivity index (χ1) is 10.7. The summed E-state index contributed by atoms with van der Waals surface area (Å²) < 4.78 is 38.5. The summed E-state index contributed by atoms with van der Waals surface area (Å²) in [5.74, 6) is 0. The second-order valence-electron chi connectivity index (χ2n) is 4.93. The lowest BCUT2D eigenvalue weighted by Gasteiger charge is -2.15. The van der Waals surface area contributed by atoms with Gasteiger partial charge in [0.25, 0.3) is 0 Å². The first-order valence-corrected chi connectivity index (χ1v) is 7.05. The molecule has 0 saturated heterocycles. The van der Waals surface area contributed by atoms with Crippen LogP contribution in [0.15, 0.2) is 36.5 Å². The van der Waals surface area contributed by atoms with Gasteiger partial charge in [0, 0.05) is 22.9 Å². The van der Waals surface area contributed by atoms with Gasteiger partial charge in [0.2, 0.25) is 0 Å². The van der Waals surface area contributed by atoms with E-state index in [-0.39, 0.29) is 6.54 Å². The van der Waals surface area contributed by atoms with E-state index < -0.39 is 23.9 Å². The van der Waals surface area contributed by atoms with Gasteiger partial charge in [-0.05, 0) is 37.3 Å². The molecule has 1 aromatic heterocycles. The van der Waals surface area contributed by atoms with Crippen LogP contribution in [-0.2, 0) is 12.7 Å². The quantitative estimate of drug-likeness (QED) is 0.885. The maximum atomic E-state index is 12.5. The molecule has 2 N–H and O–H groups in total. The van der Waals surface area contributed by atoms with Gasteiger partial charge >= 0.3 is 12.2 Å². The molecule has 1 unspecified atom stereocenters. The summed E-state index contributed by atoms with van der Waals surface area (Å²) in [4.78, 5) is 11.8. The van der Waals surface area contributed by atoms with Crippen LogP contribution in [0.1, 0.15) is 12.6 Å². The van der Waals surface area contributed by atoms with Crippen molar-refractivity contribution < 1.29 is 18.0 Å². The monoisotopic (exact) mass is 346 g/mol. The van der Waals surface area contributed by atoms with Crippen LogP contribution in [0, 0.1) is 0 Å². The molecule has 9 heteroatoms. The number of hydrogen-bond acceptors (Lipinski definition) is 2. The third-order valence-corrected chi connectivity index (χ3v) is 3.12. The van der Waals surface area contributed by atoms with E-state index >= 15 is 0 Å². The van der Waals surface area contributed by atoms with Crippen LogP contribution >= 0.6 is 11.6 Å². The van der Waals surface area contributed by atoms with Gasteiger partial charge < -0.3 is 10.6 Å². The fourth-order valence-corrected chi connectivity index (χ4v) is 1.99. The van der Waals surface area contributed by atoms with Crippen molar-refractivity contribution in [3.63, 3.8) is 0 Å². The summed E-state index contributed by atoms with van der Waals surface area (Å²) in [6.45, 7) is 1.78. The van der Waals surface area contributed by atoms with Gasteiger partial charge in [0.05, 0.1) is 6.54 Å². The van der Waals surface area contributed by atoms with Gasteiger partial charge in [-0.15, -0.1) is 0 Å². The van der Waals surface area contributed by atoms with Crippen LogP contribution in [0.25, 0.3) is 0 Å². The fourth-order valence-electron chi connectivity index (χ4n) is 1.86. The number of rotatable bonds is 4. The highest BCUT2D eigenvalue weighted by Crippen LogP contribution is 2.27. The number of hydrogen-bond donors (Lipinski definition) is 2. The summed E-state index contributed by atoms with van der Waals surface area (Å²) >= 11 is 5.74. The maximum Gasteiger partial charge on any atom is 0.435 e. The van der Waals surface area contributed by atoms with Crippen LogP contribution in [0.5, 0.6) is 0 Å². The van der Waals surface area contributed by atoms with Gasteiger partial charge in [0.1, 0.15) is 0 Å². The van der Waals surface area contributed by atoms with Gasteiger partial charge in [-0.1, -0.05) is 11.6 Å². The highest BCUT2D eigenvalue weighted by molar-refractivity contribution is 6.30. The van der Waals surface area contributed by atoms with Crippen molar-refractivity contribution in [2.75, 3.05) is 5.32 Å². The average Bonchev–Trinajstić information content (AvgIpc) is 2.89. The van der Waals surface area contributed by atoms with E-state index in [4.69, 9.17) is 11.6 Å². The molecule has 0 spiro atoms. The zero-order valence-electron chi connectivity index (χ0n) is 12.1. The van der Waals surface area contributed by atoms with Crippen molar-refractivity contribution in [1.29, 1.82) is 0 Å². The van der Waals surface area contributed by atoms with Gasteiger partial charge in [-0.2, -0.15) is 18.3 Å². The number of carbonyl (C=O) groups is 1. The van der Waals surface area contributed by atoms with Crippen molar-refractivity contribution in [3.8, 4) is 0 Å². The molecule has 0 aliphatic carbocycles. The van der Waals surface area contributed by atoms with Crippen molar-refractivity contribution in [1.82, 2.24) is 15.1 Å². The van der Waals surface area contributed by atoms with Crippen molar-refractivity contribution in [3.05, 3.63) is 47.2 Å². The number of amides is 2. The Bertz CT molecular complexity index is 669. The van der Waals surface area contributed by atoms with E-state index in [0.717, 1.165) is 10.7 Å². The molecule has 2 amide bonds. The highest BCUT2D eigenvalue weighted by atomic mass is 35.5. The third-order valence-electron chi connectivity index (χ3n) is 2.87. The second-order valence-corrected chi connectivity index (χ2v) is 5.36. The third kappa shape index (κ3) is 5.17. The molecule has 1 atom stereocenters. The van der Waals surface area contributed by atoms with E-state index in [9.17, 15) is 18.0 Å². The molecule has 124 valence electrons. The number of benzene rings is 1. The molecular weight excluding hydrogens is 333 g/mol. The molecule has 23 heavy (non-hydrogen) atoms. The molecule has 1 aromatic carbocycles. The largest absolute Gasteiger partial charge is 0.435 e. The Balaban J connectivity index is 1.86. The number of anilines is 1. The Morgan fingerprint density at radius 3 is 2.52 bits per heavy atom. The molecule has 0 saturated carbocycles. The number of aromatic nitrogens is 2. The lowest BCUT2D eigenvalue weighted by atomic mass is 10.3. The summed E-state index contributed by atoms with van der Waals surface area (Å²) in [5, 5.41) is 9.18. The Morgan fingerprint density at radius 2 is 1.96 bits per heavy atom. The van der Waals surface area contributed by atoms with Crippen LogP contribution in [0.3, 0.4) is 0 Å². The average molecular weight is 347 g/mol. The molecular formula is C14H14ClF3N4O. The number of halogens is 4. The number of nitrogens with one attached hydrogen (secondary N) is 2. The van der Waals surface area contributed by atoms with Crippen molar-refractivity contribution in [2.45, 2.75) is 25.7 Å². The van der Waals surface area contributed by atoms with Gasteiger partial charge in [0.15, 0.2) is 5.69 Å². The van der Waals surface area contributed by atoms with Crippen LogP contribution in [0.4, 0.5) is 23.7 Å². The second kappa shape index (κ2) is 6.91. The minimum atomic E-state index is -4.48. The molecule has 0 aliphatic rings. The predicted molar refractivity (Wildman–Crippen MR) is 80.3 cm³/mol.